The van der Waals surface area contributed by atoms with Crippen LogP contribution in [0.5, 0.6) is 0 Å². The Morgan fingerprint density at radius 2 is 2.36 bits per heavy atom. The molecule has 1 aromatic rings. The van der Waals surface area contributed by atoms with Gasteiger partial charge in [0.25, 0.3) is 0 Å². The van der Waals surface area contributed by atoms with E-state index in [1.54, 1.807) is 6.20 Å². The molecule has 0 aliphatic carbocycles. The van der Waals surface area contributed by atoms with Crippen LogP contribution in [0.25, 0.3) is 0 Å². The van der Waals surface area contributed by atoms with Gasteiger partial charge in [0.15, 0.2) is 0 Å². The van der Waals surface area contributed by atoms with E-state index in [1.807, 2.05) is 24.0 Å². The second-order valence-electron chi connectivity index (χ2n) is 3.12. The minimum absolute atomic E-state index is 0.571. The Kier molecular flexibility index (Phi) is 4.76. The van der Waals surface area contributed by atoms with Crippen molar-refractivity contribution >= 4 is 17.4 Å². The van der Waals surface area contributed by atoms with Crippen LogP contribution >= 0.6 is 11.8 Å². The second-order valence-corrected chi connectivity index (χ2v) is 4.11. The molecule has 1 heterocycles. The van der Waals surface area contributed by atoms with Gasteiger partial charge < -0.3 is 10.6 Å². The number of rotatable bonds is 5. The zero-order valence-corrected chi connectivity index (χ0v) is 9.55. The van der Waals surface area contributed by atoms with E-state index in [9.17, 15) is 0 Å². The van der Waals surface area contributed by atoms with Crippen LogP contribution in [0.3, 0.4) is 0 Å². The Morgan fingerprint density at radius 3 is 3.00 bits per heavy atom. The van der Waals surface area contributed by atoms with E-state index < -0.39 is 0 Å². The average Bonchev–Trinajstić information content (AvgIpc) is 2.25. The number of hydrogen-bond acceptors (Lipinski definition) is 4. The highest BCUT2D eigenvalue weighted by atomic mass is 32.2. The Labute approximate surface area is 89.7 Å². The summed E-state index contributed by atoms with van der Waals surface area (Å²) in [6.07, 6.45) is 5.78. The lowest BCUT2D eigenvalue weighted by atomic mass is 10.2. The first-order valence-electron chi connectivity index (χ1n) is 4.62. The first kappa shape index (κ1) is 11.3. The molecular weight excluding hydrogens is 194 g/mol. The fourth-order valence-corrected chi connectivity index (χ4v) is 1.74. The summed E-state index contributed by atoms with van der Waals surface area (Å²) < 4.78 is 0. The molecule has 0 aliphatic rings. The summed E-state index contributed by atoms with van der Waals surface area (Å²) in [5.41, 5.74) is 7.96. The SMILES string of the molecule is CSCCN(C)c1cnccc1CN. The summed E-state index contributed by atoms with van der Waals surface area (Å²) in [6.45, 7) is 1.60. The molecule has 0 amide bonds. The van der Waals surface area contributed by atoms with Crippen molar-refractivity contribution in [1.82, 2.24) is 4.98 Å². The van der Waals surface area contributed by atoms with Gasteiger partial charge in [-0.25, -0.2) is 0 Å². The van der Waals surface area contributed by atoms with E-state index in [1.165, 1.54) is 0 Å². The van der Waals surface area contributed by atoms with Crippen molar-refractivity contribution in [2.75, 3.05) is 30.5 Å². The van der Waals surface area contributed by atoms with E-state index in [0.29, 0.717) is 6.54 Å². The summed E-state index contributed by atoms with van der Waals surface area (Å²) in [5.74, 6) is 1.12. The summed E-state index contributed by atoms with van der Waals surface area (Å²) >= 11 is 1.84. The van der Waals surface area contributed by atoms with Gasteiger partial charge in [-0.1, -0.05) is 0 Å². The largest absolute Gasteiger partial charge is 0.372 e. The summed E-state index contributed by atoms with van der Waals surface area (Å²) in [7, 11) is 2.08. The number of aromatic nitrogens is 1. The van der Waals surface area contributed by atoms with E-state index in [-0.39, 0.29) is 0 Å². The minimum atomic E-state index is 0.571. The standard InChI is InChI=1S/C10H17N3S/c1-13(5-6-14-2)10-8-12-4-3-9(10)7-11/h3-4,8H,5-7,11H2,1-2H3. The molecule has 0 aliphatic heterocycles. The van der Waals surface area contributed by atoms with Gasteiger partial charge in [-0.3, -0.25) is 4.98 Å². The molecule has 0 unspecified atom stereocenters. The van der Waals surface area contributed by atoms with Crippen molar-refractivity contribution in [3.63, 3.8) is 0 Å². The monoisotopic (exact) mass is 211 g/mol. The summed E-state index contributed by atoms with van der Waals surface area (Å²) in [4.78, 5) is 6.32. The van der Waals surface area contributed by atoms with Crippen molar-refractivity contribution in [1.29, 1.82) is 0 Å². The highest BCUT2D eigenvalue weighted by Gasteiger charge is 2.05. The molecule has 1 aromatic heterocycles. The molecular formula is C10H17N3S. The predicted octanol–water partition coefficient (Wildman–Crippen LogP) is 1.34. The topological polar surface area (TPSA) is 42.2 Å². The molecule has 14 heavy (non-hydrogen) atoms. The van der Waals surface area contributed by atoms with Gasteiger partial charge in [-0.05, 0) is 17.9 Å². The fourth-order valence-electron chi connectivity index (χ4n) is 1.28. The molecule has 0 bridgehead atoms. The Bertz CT molecular complexity index is 278. The molecule has 0 radical (unpaired) electrons. The molecule has 0 fully saturated rings. The highest BCUT2D eigenvalue weighted by molar-refractivity contribution is 7.98. The van der Waals surface area contributed by atoms with E-state index >= 15 is 0 Å². The van der Waals surface area contributed by atoms with Crippen LogP contribution in [0, 0.1) is 0 Å². The quantitative estimate of drug-likeness (QED) is 0.798. The molecule has 0 saturated carbocycles. The maximum absolute atomic E-state index is 5.66. The Hall–Kier alpha value is -0.740. The van der Waals surface area contributed by atoms with Gasteiger partial charge in [-0.15, -0.1) is 0 Å². The molecule has 4 heteroatoms. The highest BCUT2D eigenvalue weighted by Crippen LogP contribution is 2.16. The number of nitrogens with zero attached hydrogens (tertiary/aromatic N) is 2. The van der Waals surface area contributed by atoms with Gasteiger partial charge in [0.05, 0.1) is 11.9 Å². The predicted molar refractivity (Wildman–Crippen MR) is 63.8 cm³/mol. The van der Waals surface area contributed by atoms with Gasteiger partial charge >= 0.3 is 0 Å². The molecule has 0 atom stereocenters. The molecule has 0 saturated heterocycles. The fraction of sp³-hybridized carbons (Fsp3) is 0.500. The maximum Gasteiger partial charge on any atom is 0.0595 e. The minimum Gasteiger partial charge on any atom is -0.372 e. The average molecular weight is 211 g/mol. The number of thioether (sulfide) groups is 1. The van der Waals surface area contributed by atoms with Crippen molar-refractivity contribution < 1.29 is 0 Å². The second kappa shape index (κ2) is 5.88. The smallest absolute Gasteiger partial charge is 0.0595 e. The van der Waals surface area contributed by atoms with E-state index in [0.717, 1.165) is 23.5 Å². The lowest BCUT2D eigenvalue weighted by Crippen LogP contribution is -2.22. The number of pyridine rings is 1. The third-order valence-corrected chi connectivity index (χ3v) is 2.74. The molecule has 0 spiro atoms. The first-order valence-corrected chi connectivity index (χ1v) is 6.02. The number of nitrogens with two attached hydrogens (primary N) is 1. The normalized spacial score (nSPS) is 10.2. The number of hydrogen-bond donors (Lipinski definition) is 1. The van der Waals surface area contributed by atoms with Crippen molar-refractivity contribution in [3.05, 3.63) is 24.0 Å². The molecule has 2 N–H and O–H groups in total. The Balaban J connectivity index is 2.72. The molecule has 1 rings (SSSR count). The van der Waals surface area contributed by atoms with Gasteiger partial charge in [-0.2, -0.15) is 11.8 Å². The summed E-state index contributed by atoms with van der Waals surface area (Å²) in [5, 5.41) is 0. The molecule has 78 valence electrons. The van der Waals surface area contributed by atoms with Crippen LogP contribution < -0.4 is 10.6 Å². The van der Waals surface area contributed by atoms with Crippen molar-refractivity contribution in [3.8, 4) is 0 Å². The van der Waals surface area contributed by atoms with Crippen molar-refractivity contribution in [2.24, 2.45) is 5.73 Å². The third-order valence-electron chi connectivity index (χ3n) is 2.15. The zero-order chi connectivity index (χ0) is 10.4. The van der Waals surface area contributed by atoms with Gasteiger partial charge in [0.2, 0.25) is 0 Å². The van der Waals surface area contributed by atoms with Gasteiger partial charge in [0.1, 0.15) is 0 Å². The van der Waals surface area contributed by atoms with Crippen LogP contribution in [-0.2, 0) is 6.54 Å². The first-order chi connectivity index (χ1) is 6.79. The summed E-state index contributed by atoms with van der Waals surface area (Å²) in [6, 6.07) is 1.98. The van der Waals surface area contributed by atoms with E-state index in [2.05, 4.69) is 23.2 Å². The van der Waals surface area contributed by atoms with Crippen molar-refractivity contribution in [2.45, 2.75) is 6.54 Å². The van der Waals surface area contributed by atoms with Crippen LogP contribution in [0.4, 0.5) is 5.69 Å². The molecule has 3 nitrogen and oxygen atoms in total. The Morgan fingerprint density at radius 1 is 1.57 bits per heavy atom. The van der Waals surface area contributed by atoms with E-state index in [4.69, 9.17) is 5.73 Å². The molecule has 0 aromatic carbocycles. The lowest BCUT2D eigenvalue weighted by molar-refractivity contribution is 0.939. The van der Waals surface area contributed by atoms with Crippen LogP contribution in [-0.4, -0.2) is 30.6 Å². The number of anilines is 1. The zero-order valence-electron chi connectivity index (χ0n) is 8.73. The van der Waals surface area contributed by atoms with Crippen LogP contribution in [0.1, 0.15) is 5.56 Å². The third kappa shape index (κ3) is 2.89. The van der Waals surface area contributed by atoms with Gasteiger partial charge in [0, 0.05) is 32.1 Å². The van der Waals surface area contributed by atoms with Crippen LogP contribution in [0.15, 0.2) is 18.5 Å². The van der Waals surface area contributed by atoms with Crippen LogP contribution in [0.2, 0.25) is 0 Å². The lowest BCUT2D eigenvalue weighted by Gasteiger charge is -2.20. The maximum atomic E-state index is 5.66.